The van der Waals surface area contributed by atoms with Crippen LogP contribution in [-0.4, -0.2) is 72.3 Å². The van der Waals surface area contributed by atoms with Gasteiger partial charge in [-0.2, -0.15) is 0 Å². The zero-order chi connectivity index (χ0) is 34.7. The second-order valence-electron chi connectivity index (χ2n) is 14.9. The molecule has 0 aliphatic heterocycles. The Morgan fingerprint density at radius 1 is 0.957 bits per heavy atom. The minimum absolute atomic E-state index is 0.0495. The topological polar surface area (TPSA) is 171 Å². The number of fused-ring (bicyclic) bond motifs is 5. The van der Waals surface area contributed by atoms with Gasteiger partial charge in [0.1, 0.15) is 29.0 Å². The number of rotatable bonds is 7. The SMILES string of the molecule is CC(=O)[C@]1(O)CC[C@@]2(O)[C@]1(C)[C@H](OC(=O)/C=C(\C)C(C)C)CC1[C@@]3(C)CC[C@H](OC(=O)/C=C/c4ccc(O)c(O)c4)CC3=CC[C@]12O. The quantitative estimate of drug-likeness (QED) is 0.121. The van der Waals surface area contributed by atoms with E-state index in [-0.39, 0.29) is 43.1 Å². The number of aromatic hydroxyl groups is 2. The van der Waals surface area contributed by atoms with E-state index in [2.05, 4.69) is 0 Å². The molecule has 0 aromatic heterocycles. The highest BCUT2D eigenvalue weighted by Crippen LogP contribution is 2.71. The van der Waals surface area contributed by atoms with Gasteiger partial charge in [-0.15, -0.1) is 0 Å². The molecule has 0 heterocycles. The highest BCUT2D eigenvalue weighted by Gasteiger charge is 2.81. The van der Waals surface area contributed by atoms with Crippen LogP contribution in [0.5, 0.6) is 11.5 Å². The predicted octanol–water partition coefficient (Wildman–Crippen LogP) is 4.66. The van der Waals surface area contributed by atoms with Crippen molar-refractivity contribution in [1.29, 1.82) is 0 Å². The Labute approximate surface area is 275 Å². The predicted molar refractivity (Wildman–Crippen MR) is 173 cm³/mol. The van der Waals surface area contributed by atoms with E-state index in [1.54, 1.807) is 13.0 Å². The van der Waals surface area contributed by atoms with Crippen LogP contribution in [-0.2, 0) is 23.9 Å². The second-order valence-corrected chi connectivity index (χ2v) is 14.9. The number of ketones is 1. The van der Waals surface area contributed by atoms with E-state index in [1.807, 2.05) is 33.8 Å². The molecule has 0 bridgehead atoms. The Kier molecular flexibility index (Phi) is 8.82. The van der Waals surface area contributed by atoms with Crippen molar-refractivity contribution in [2.24, 2.45) is 22.7 Å². The van der Waals surface area contributed by atoms with Crippen molar-refractivity contribution < 1.29 is 49.4 Å². The maximum atomic E-state index is 13.3. The van der Waals surface area contributed by atoms with E-state index in [9.17, 15) is 39.9 Å². The average Bonchev–Trinajstić information content (AvgIpc) is 3.23. The summed E-state index contributed by atoms with van der Waals surface area (Å²) >= 11 is 0. The molecule has 1 aromatic carbocycles. The Bertz CT molecular complexity index is 1560. The molecule has 0 spiro atoms. The number of allylic oxidation sites excluding steroid dienone is 1. The van der Waals surface area contributed by atoms with E-state index in [0.29, 0.717) is 24.8 Å². The summed E-state index contributed by atoms with van der Waals surface area (Å²) in [6.07, 6.45) is 5.98. The van der Waals surface area contributed by atoms with E-state index in [0.717, 1.165) is 11.1 Å². The summed E-state index contributed by atoms with van der Waals surface area (Å²) in [5.74, 6) is -2.80. The van der Waals surface area contributed by atoms with Crippen LogP contribution in [0.2, 0.25) is 0 Å². The van der Waals surface area contributed by atoms with E-state index in [4.69, 9.17) is 9.47 Å². The Morgan fingerprint density at radius 3 is 2.30 bits per heavy atom. The van der Waals surface area contributed by atoms with Gasteiger partial charge in [0, 0.05) is 24.5 Å². The van der Waals surface area contributed by atoms with Crippen molar-refractivity contribution >= 4 is 23.8 Å². The van der Waals surface area contributed by atoms with Crippen molar-refractivity contribution in [2.75, 3.05) is 0 Å². The molecule has 10 heteroatoms. The van der Waals surface area contributed by atoms with Crippen molar-refractivity contribution in [3.05, 3.63) is 53.1 Å². The Hall–Kier alpha value is -3.47. The van der Waals surface area contributed by atoms with Gasteiger partial charge < -0.3 is 35.0 Å². The maximum Gasteiger partial charge on any atom is 0.331 e. The number of ether oxygens (including phenoxy) is 2. The lowest BCUT2D eigenvalue weighted by Gasteiger charge is -2.67. The van der Waals surface area contributed by atoms with Crippen LogP contribution in [0.15, 0.2) is 47.6 Å². The lowest BCUT2D eigenvalue weighted by atomic mass is 9.42. The van der Waals surface area contributed by atoms with Gasteiger partial charge in [0.15, 0.2) is 17.3 Å². The molecule has 10 nitrogen and oxygen atoms in total. The molecule has 256 valence electrons. The molecule has 47 heavy (non-hydrogen) atoms. The Morgan fingerprint density at radius 2 is 1.66 bits per heavy atom. The molecule has 5 N–H and O–H groups in total. The molecule has 4 aliphatic rings. The van der Waals surface area contributed by atoms with Gasteiger partial charge in [0.25, 0.3) is 0 Å². The molecule has 0 amide bonds. The number of phenolic OH excluding ortho intramolecular Hbond substituents is 2. The first kappa shape index (κ1) is 34.9. The van der Waals surface area contributed by atoms with Crippen LogP contribution >= 0.6 is 0 Å². The molecule has 0 radical (unpaired) electrons. The summed E-state index contributed by atoms with van der Waals surface area (Å²) in [6.45, 7) is 10.6. The summed E-state index contributed by atoms with van der Waals surface area (Å²) in [5, 5.41) is 56.3. The van der Waals surface area contributed by atoms with Crippen LogP contribution < -0.4 is 0 Å². The number of esters is 2. The largest absolute Gasteiger partial charge is 0.504 e. The number of hydrogen-bond donors (Lipinski definition) is 5. The van der Waals surface area contributed by atoms with Gasteiger partial charge in [-0.1, -0.05) is 44.1 Å². The molecule has 4 aliphatic carbocycles. The molecular weight excluding hydrogens is 604 g/mol. The van der Waals surface area contributed by atoms with Crippen LogP contribution in [0.3, 0.4) is 0 Å². The molecule has 3 saturated carbocycles. The standard InChI is InChI=1S/C37H48O10/c1-21(2)22(3)17-32(42)47-30-20-29-33(5)13-12-26(46-31(41)10-8-24-7-9-27(39)28(40)18-24)19-25(33)11-14-36(29,44)37(45)16-15-35(43,23(4)38)34(30,37)6/h7-11,17-18,21,26,29-30,39-40,43-45H,12-16,19-20H2,1-6H3/b10-8+,22-17+/t26-,29?,30+,33-,34+,35+,36-,37+/m0/s1. The van der Waals surface area contributed by atoms with Crippen molar-refractivity contribution in [1.82, 2.24) is 0 Å². The fraction of sp³-hybridized carbons (Fsp3) is 0.595. The van der Waals surface area contributed by atoms with Gasteiger partial charge in [-0.3, -0.25) is 4.79 Å². The van der Waals surface area contributed by atoms with Crippen LogP contribution in [0.1, 0.15) is 92.1 Å². The van der Waals surface area contributed by atoms with Gasteiger partial charge in [-0.25, -0.2) is 9.59 Å². The minimum Gasteiger partial charge on any atom is -0.504 e. The first-order chi connectivity index (χ1) is 21.8. The van der Waals surface area contributed by atoms with Gasteiger partial charge in [0.2, 0.25) is 0 Å². The third-order valence-electron chi connectivity index (χ3n) is 12.3. The van der Waals surface area contributed by atoms with E-state index >= 15 is 0 Å². The van der Waals surface area contributed by atoms with Gasteiger partial charge >= 0.3 is 11.9 Å². The smallest absolute Gasteiger partial charge is 0.331 e. The normalized spacial score (nSPS) is 38.3. The highest BCUT2D eigenvalue weighted by molar-refractivity contribution is 5.88. The van der Waals surface area contributed by atoms with E-state index in [1.165, 1.54) is 37.3 Å². The number of carbonyl (C=O) groups excluding carboxylic acids is 3. The number of Topliss-reactive ketones (excluding diaryl/α,β-unsaturated/α-hetero) is 1. The molecule has 8 atom stereocenters. The second kappa shape index (κ2) is 11.9. The lowest BCUT2D eigenvalue weighted by molar-refractivity contribution is -0.314. The van der Waals surface area contributed by atoms with Gasteiger partial charge in [-0.05, 0) is 94.4 Å². The number of benzene rings is 1. The minimum atomic E-state index is -2.02. The number of aliphatic hydroxyl groups is 3. The summed E-state index contributed by atoms with van der Waals surface area (Å²) < 4.78 is 11.9. The number of hydrogen-bond acceptors (Lipinski definition) is 10. The fourth-order valence-corrected chi connectivity index (χ4v) is 9.00. The van der Waals surface area contributed by atoms with Gasteiger partial charge in [0.05, 0.1) is 5.41 Å². The summed E-state index contributed by atoms with van der Waals surface area (Å²) in [6, 6.07) is 4.20. The zero-order valence-electron chi connectivity index (χ0n) is 28.1. The highest BCUT2D eigenvalue weighted by atomic mass is 16.6. The van der Waals surface area contributed by atoms with Crippen molar-refractivity contribution in [3.8, 4) is 11.5 Å². The van der Waals surface area contributed by atoms with E-state index < -0.39 is 63.5 Å². The Balaban J connectivity index is 1.43. The zero-order valence-corrected chi connectivity index (χ0v) is 28.1. The van der Waals surface area contributed by atoms with Crippen LogP contribution in [0.4, 0.5) is 0 Å². The van der Waals surface area contributed by atoms with Crippen LogP contribution in [0, 0.1) is 22.7 Å². The van der Waals surface area contributed by atoms with Crippen molar-refractivity contribution in [2.45, 2.75) is 115 Å². The van der Waals surface area contributed by atoms with Crippen molar-refractivity contribution in [3.63, 3.8) is 0 Å². The molecular formula is C37H48O10. The monoisotopic (exact) mass is 652 g/mol. The third kappa shape index (κ3) is 5.33. The summed E-state index contributed by atoms with van der Waals surface area (Å²) in [4.78, 5) is 39.0. The average molecular weight is 653 g/mol. The first-order valence-corrected chi connectivity index (χ1v) is 16.5. The third-order valence-corrected chi connectivity index (χ3v) is 12.3. The lowest BCUT2D eigenvalue weighted by Crippen LogP contribution is -2.78. The molecule has 1 unspecified atom stereocenters. The molecule has 1 aromatic rings. The maximum absolute atomic E-state index is 13.3. The van der Waals surface area contributed by atoms with Crippen LogP contribution in [0.25, 0.3) is 6.08 Å². The summed E-state index contributed by atoms with van der Waals surface area (Å²) in [5.41, 5.74) is -5.75. The molecule has 3 fully saturated rings. The number of phenols is 2. The summed E-state index contributed by atoms with van der Waals surface area (Å²) in [7, 11) is 0. The first-order valence-electron chi connectivity index (χ1n) is 16.5. The molecule has 5 rings (SSSR count). The molecule has 0 saturated heterocycles. The number of carbonyl (C=O) groups is 3. The fourth-order valence-electron chi connectivity index (χ4n) is 9.00.